The van der Waals surface area contributed by atoms with Gasteiger partial charge in [0.15, 0.2) is 0 Å². The molecular formula is C14H20O2. The van der Waals surface area contributed by atoms with Crippen molar-refractivity contribution in [2.24, 2.45) is 0 Å². The highest BCUT2D eigenvalue weighted by atomic mass is 16.5. The number of rotatable bonds is 1. The maximum Gasteiger partial charge on any atom is 0.119 e. The monoisotopic (exact) mass is 220 g/mol. The van der Waals surface area contributed by atoms with Gasteiger partial charge in [0.05, 0.1) is 13.2 Å². The van der Waals surface area contributed by atoms with Crippen LogP contribution in [0.3, 0.4) is 0 Å². The van der Waals surface area contributed by atoms with Crippen molar-refractivity contribution < 1.29 is 9.84 Å². The van der Waals surface area contributed by atoms with Crippen molar-refractivity contribution in [2.75, 3.05) is 13.2 Å². The highest BCUT2D eigenvalue weighted by Gasteiger charge is 2.28. The van der Waals surface area contributed by atoms with Gasteiger partial charge in [-0.3, -0.25) is 0 Å². The van der Waals surface area contributed by atoms with Crippen molar-refractivity contribution in [3.05, 3.63) is 28.8 Å². The number of benzene rings is 1. The average molecular weight is 220 g/mol. The van der Waals surface area contributed by atoms with Gasteiger partial charge >= 0.3 is 0 Å². The van der Waals surface area contributed by atoms with Gasteiger partial charge < -0.3 is 9.84 Å². The fourth-order valence-electron chi connectivity index (χ4n) is 2.44. The Bertz CT molecular complexity index is 398. The van der Waals surface area contributed by atoms with Crippen LogP contribution in [-0.2, 0) is 10.2 Å². The van der Waals surface area contributed by atoms with E-state index >= 15 is 0 Å². The van der Waals surface area contributed by atoms with Crippen molar-refractivity contribution in [2.45, 2.75) is 39.0 Å². The molecule has 0 unspecified atom stereocenters. The van der Waals surface area contributed by atoms with Crippen molar-refractivity contribution in [1.82, 2.24) is 0 Å². The van der Waals surface area contributed by atoms with Gasteiger partial charge in [-0.05, 0) is 29.5 Å². The molecule has 0 atom stereocenters. The molecule has 0 aliphatic carbocycles. The Hall–Kier alpha value is -1.02. The van der Waals surface area contributed by atoms with Gasteiger partial charge in [-0.15, -0.1) is 0 Å². The topological polar surface area (TPSA) is 29.5 Å². The number of aromatic hydroxyl groups is 1. The Morgan fingerprint density at radius 3 is 2.31 bits per heavy atom. The highest BCUT2D eigenvalue weighted by molar-refractivity contribution is 5.48. The van der Waals surface area contributed by atoms with Crippen LogP contribution in [0.25, 0.3) is 0 Å². The summed E-state index contributed by atoms with van der Waals surface area (Å²) < 4.78 is 5.21. The lowest BCUT2D eigenvalue weighted by Gasteiger charge is -2.31. The van der Waals surface area contributed by atoms with Crippen LogP contribution in [0.2, 0.25) is 0 Å². The van der Waals surface area contributed by atoms with Crippen LogP contribution >= 0.6 is 0 Å². The number of hydrogen-bond donors (Lipinski definition) is 1. The normalized spacial score (nSPS) is 17.2. The van der Waals surface area contributed by atoms with Gasteiger partial charge in [-0.2, -0.15) is 0 Å². The first-order valence-corrected chi connectivity index (χ1v) is 5.82. The van der Waals surface area contributed by atoms with E-state index in [1.807, 2.05) is 12.1 Å². The fourth-order valence-corrected chi connectivity index (χ4v) is 2.44. The molecular weight excluding hydrogens is 200 g/mol. The van der Waals surface area contributed by atoms with Crippen LogP contribution in [0.4, 0.5) is 0 Å². The molecule has 1 fully saturated rings. The van der Waals surface area contributed by atoms with E-state index in [4.69, 9.17) is 4.74 Å². The molecule has 1 aromatic rings. The summed E-state index contributed by atoms with van der Waals surface area (Å²) >= 11 is 0. The molecule has 1 aliphatic heterocycles. The molecule has 0 saturated carbocycles. The van der Waals surface area contributed by atoms with Crippen molar-refractivity contribution in [3.8, 4) is 5.75 Å². The molecule has 88 valence electrons. The van der Waals surface area contributed by atoms with Gasteiger partial charge in [0.25, 0.3) is 0 Å². The Kier molecular flexibility index (Phi) is 2.70. The Morgan fingerprint density at radius 1 is 1.25 bits per heavy atom. The minimum Gasteiger partial charge on any atom is -0.508 e. The Balaban J connectivity index is 2.50. The first-order chi connectivity index (χ1) is 7.41. The van der Waals surface area contributed by atoms with Gasteiger partial charge in [-0.1, -0.05) is 26.8 Å². The third kappa shape index (κ3) is 1.82. The van der Waals surface area contributed by atoms with E-state index in [-0.39, 0.29) is 5.41 Å². The van der Waals surface area contributed by atoms with Crippen molar-refractivity contribution in [1.29, 1.82) is 0 Å². The second kappa shape index (κ2) is 3.77. The zero-order valence-corrected chi connectivity index (χ0v) is 10.5. The van der Waals surface area contributed by atoms with Crippen LogP contribution in [0.1, 0.15) is 43.4 Å². The molecule has 1 N–H and O–H groups in total. The summed E-state index contributed by atoms with van der Waals surface area (Å²) in [5, 5.41) is 9.96. The summed E-state index contributed by atoms with van der Waals surface area (Å²) in [6, 6.07) is 3.86. The Morgan fingerprint density at radius 2 is 1.88 bits per heavy atom. The smallest absolute Gasteiger partial charge is 0.119 e. The molecule has 1 heterocycles. The molecule has 2 heteroatoms. The Labute approximate surface area is 97.3 Å². The van der Waals surface area contributed by atoms with Crippen LogP contribution in [0.5, 0.6) is 5.75 Å². The maximum absolute atomic E-state index is 9.96. The molecule has 1 aromatic carbocycles. The largest absolute Gasteiger partial charge is 0.508 e. The van der Waals surface area contributed by atoms with Crippen LogP contribution in [0, 0.1) is 6.92 Å². The number of phenolic OH excluding ortho intramolecular Hbond substituents is 1. The standard InChI is InChI=1S/C14H20O2/c1-9-11(14(2,3)4)5-6-12(15)13(9)10-7-16-8-10/h5-6,10,15H,7-8H2,1-4H3. The minimum atomic E-state index is 0.122. The van der Waals surface area contributed by atoms with E-state index in [9.17, 15) is 5.11 Å². The van der Waals surface area contributed by atoms with Crippen molar-refractivity contribution in [3.63, 3.8) is 0 Å². The quantitative estimate of drug-likeness (QED) is 0.788. The van der Waals surface area contributed by atoms with Gasteiger partial charge in [0, 0.05) is 11.5 Å². The van der Waals surface area contributed by atoms with E-state index in [1.54, 1.807) is 0 Å². The number of ether oxygens (including phenoxy) is 1. The molecule has 1 aliphatic rings. The summed E-state index contributed by atoms with van der Waals surface area (Å²) in [5.41, 5.74) is 3.74. The summed E-state index contributed by atoms with van der Waals surface area (Å²) in [7, 11) is 0. The molecule has 0 bridgehead atoms. The minimum absolute atomic E-state index is 0.122. The zero-order chi connectivity index (χ0) is 11.9. The molecule has 1 saturated heterocycles. The second-order valence-electron chi connectivity index (χ2n) is 5.66. The molecule has 0 amide bonds. The molecule has 0 radical (unpaired) electrons. The lowest BCUT2D eigenvalue weighted by Crippen LogP contribution is -2.27. The van der Waals surface area contributed by atoms with Crippen molar-refractivity contribution >= 4 is 0 Å². The molecule has 2 nitrogen and oxygen atoms in total. The number of phenols is 1. The summed E-state index contributed by atoms with van der Waals surface area (Å²) in [5.74, 6) is 0.793. The van der Waals surface area contributed by atoms with Gasteiger partial charge in [0.2, 0.25) is 0 Å². The predicted octanol–water partition coefficient (Wildman–Crippen LogP) is 3.11. The van der Waals surface area contributed by atoms with E-state index in [0.717, 1.165) is 18.8 Å². The third-order valence-corrected chi connectivity index (χ3v) is 3.35. The van der Waals surface area contributed by atoms with Crippen LogP contribution in [0.15, 0.2) is 12.1 Å². The molecule has 2 rings (SSSR count). The second-order valence-corrected chi connectivity index (χ2v) is 5.66. The molecule has 0 spiro atoms. The highest BCUT2D eigenvalue weighted by Crippen LogP contribution is 2.38. The molecule has 16 heavy (non-hydrogen) atoms. The van der Waals surface area contributed by atoms with Crippen LogP contribution in [-0.4, -0.2) is 18.3 Å². The average Bonchev–Trinajstić information content (AvgIpc) is 2.06. The van der Waals surface area contributed by atoms with E-state index in [0.29, 0.717) is 11.7 Å². The summed E-state index contributed by atoms with van der Waals surface area (Å²) in [6.45, 7) is 10.2. The first-order valence-electron chi connectivity index (χ1n) is 5.82. The lowest BCUT2D eigenvalue weighted by molar-refractivity contribution is 0.00721. The van der Waals surface area contributed by atoms with Gasteiger partial charge in [-0.25, -0.2) is 0 Å². The first kappa shape index (κ1) is 11.5. The van der Waals surface area contributed by atoms with E-state index in [1.165, 1.54) is 11.1 Å². The maximum atomic E-state index is 9.96. The number of hydrogen-bond acceptors (Lipinski definition) is 2. The predicted molar refractivity (Wildman–Crippen MR) is 65.1 cm³/mol. The van der Waals surface area contributed by atoms with Gasteiger partial charge in [0.1, 0.15) is 5.75 Å². The van der Waals surface area contributed by atoms with E-state index < -0.39 is 0 Å². The summed E-state index contributed by atoms with van der Waals surface area (Å²) in [6.07, 6.45) is 0. The third-order valence-electron chi connectivity index (χ3n) is 3.35. The fraction of sp³-hybridized carbons (Fsp3) is 0.571. The SMILES string of the molecule is Cc1c(C(C)(C)C)ccc(O)c1C1COC1. The lowest BCUT2D eigenvalue weighted by atomic mass is 9.80. The summed E-state index contributed by atoms with van der Waals surface area (Å²) in [4.78, 5) is 0. The molecule has 0 aromatic heterocycles. The zero-order valence-electron chi connectivity index (χ0n) is 10.5. The van der Waals surface area contributed by atoms with Crippen LogP contribution < -0.4 is 0 Å². The van der Waals surface area contributed by atoms with E-state index in [2.05, 4.69) is 27.7 Å².